The molecule has 198 valence electrons. The number of nitrogens with one attached hydrogen (secondary N) is 1. The fraction of sp³-hybridized carbons (Fsp3) is 0.464. The number of rotatable bonds is 6. The number of carboxylic acid groups (broad SMARTS) is 1. The Hall–Kier alpha value is -3.48. The van der Waals surface area contributed by atoms with Crippen LogP contribution < -0.4 is 10.2 Å². The Kier molecular flexibility index (Phi) is 7.63. The smallest absolute Gasteiger partial charge is 0.356 e. The van der Waals surface area contributed by atoms with Crippen LogP contribution in [0, 0.1) is 18.3 Å². The van der Waals surface area contributed by atoms with Crippen LogP contribution in [0.15, 0.2) is 24.3 Å². The second-order valence-electron chi connectivity index (χ2n) is 10.2. The molecular formula is C28H32ClN7O2. The maximum Gasteiger partial charge on any atom is 0.356 e. The number of hydrogen-bond acceptors (Lipinski definition) is 8. The summed E-state index contributed by atoms with van der Waals surface area (Å²) in [6.07, 6.45) is 5.98. The number of nitrogens with zero attached hydrogens (tertiary/aromatic N) is 6. The molecule has 2 saturated heterocycles. The zero-order valence-corrected chi connectivity index (χ0v) is 22.5. The van der Waals surface area contributed by atoms with Crippen molar-refractivity contribution in [3.05, 3.63) is 51.9 Å². The topological polar surface area (TPSA) is 118 Å². The maximum absolute atomic E-state index is 11.8. The van der Waals surface area contributed by atoms with Gasteiger partial charge in [-0.15, -0.1) is 0 Å². The normalized spacial score (nSPS) is 17.8. The van der Waals surface area contributed by atoms with Crippen LogP contribution in [-0.2, 0) is 0 Å². The molecule has 2 aliphatic heterocycles. The third-order valence-corrected chi connectivity index (χ3v) is 7.82. The van der Waals surface area contributed by atoms with Gasteiger partial charge in [0, 0.05) is 24.7 Å². The summed E-state index contributed by atoms with van der Waals surface area (Å²) in [6.45, 7) is 7.95. The van der Waals surface area contributed by atoms with E-state index in [1.165, 1.54) is 32.4 Å². The molecule has 2 aromatic heterocycles. The number of aryl methyl sites for hydroxylation is 1. The Morgan fingerprint density at radius 1 is 1.13 bits per heavy atom. The number of carboxylic acids is 1. The second kappa shape index (κ2) is 11.1. The van der Waals surface area contributed by atoms with Crippen molar-refractivity contribution in [2.45, 2.75) is 58.0 Å². The summed E-state index contributed by atoms with van der Waals surface area (Å²) in [5.74, 6) is -0.543. The molecule has 0 unspecified atom stereocenters. The van der Waals surface area contributed by atoms with Gasteiger partial charge in [-0.1, -0.05) is 24.1 Å². The molecule has 0 saturated carbocycles. The van der Waals surface area contributed by atoms with E-state index in [0.29, 0.717) is 34.3 Å². The van der Waals surface area contributed by atoms with Gasteiger partial charge in [-0.2, -0.15) is 5.26 Å². The summed E-state index contributed by atoms with van der Waals surface area (Å²) in [6, 6.07) is 9.67. The van der Waals surface area contributed by atoms with E-state index in [4.69, 9.17) is 21.6 Å². The van der Waals surface area contributed by atoms with Gasteiger partial charge >= 0.3 is 5.97 Å². The van der Waals surface area contributed by atoms with Crippen LogP contribution in [0.3, 0.4) is 0 Å². The predicted molar refractivity (Wildman–Crippen MR) is 148 cm³/mol. The van der Waals surface area contributed by atoms with Crippen molar-refractivity contribution >= 4 is 40.1 Å². The Labute approximate surface area is 227 Å². The summed E-state index contributed by atoms with van der Waals surface area (Å²) >= 11 is 5.93. The zero-order chi connectivity index (χ0) is 26.8. The molecule has 0 aliphatic carbocycles. The van der Waals surface area contributed by atoms with Gasteiger partial charge in [0.2, 0.25) is 0 Å². The third-order valence-electron chi connectivity index (χ3n) is 7.60. The molecule has 2 N–H and O–H groups in total. The van der Waals surface area contributed by atoms with E-state index >= 15 is 0 Å². The van der Waals surface area contributed by atoms with E-state index in [1.54, 1.807) is 12.1 Å². The quantitative estimate of drug-likeness (QED) is 0.413. The number of halogens is 1. The molecule has 3 aromatic rings. The lowest BCUT2D eigenvalue weighted by Gasteiger charge is -2.40. The highest BCUT2D eigenvalue weighted by molar-refractivity contribution is 6.29. The van der Waals surface area contributed by atoms with E-state index < -0.39 is 5.97 Å². The number of aromatic nitrogens is 3. The first kappa shape index (κ1) is 26.1. The fourth-order valence-electron chi connectivity index (χ4n) is 5.70. The number of aromatic carboxylic acids is 1. The van der Waals surface area contributed by atoms with Gasteiger partial charge in [0.25, 0.3) is 0 Å². The van der Waals surface area contributed by atoms with Crippen LogP contribution >= 0.6 is 11.6 Å². The minimum atomic E-state index is -1.16. The number of piperidine rings is 2. The Bertz CT molecular complexity index is 1390. The number of benzene rings is 1. The van der Waals surface area contributed by atoms with Crippen molar-refractivity contribution in [1.29, 1.82) is 5.26 Å². The first-order valence-corrected chi connectivity index (χ1v) is 13.6. The molecule has 5 rings (SSSR count). The summed E-state index contributed by atoms with van der Waals surface area (Å²) in [5.41, 5.74) is 3.74. The SMILES string of the molecule is Cc1cc([C@@H](C)Nc2ccc(Cl)nc2C(=O)O)c2nc(N3CCC(N4CCCCC4)CC3)c(C#N)nc2c1. The van der Waals surface area contributed by atoms with Crippen molar-refractivity contribution in [3.63, 3.8) is 0 Å². The van der Waals surface area contributed by atoms with Gasteiger partial charge in [-0.3, -0.25) is 0 Å². The summed E-state index contributed by atoms with van der Waals surface area (Å²) in [7, 11) is 0. The number of carbonyl (C=O) groups is 1. The first-order chi connectivity index (χ1) is 18.3. The molecule has 2 fully saturated rings. The van der Waals surface area contributed by atoms with Crippen molar-refractivity contribution in [3.8, 4) is 6.07 Å². The Morgan fingerprint density at radius 2 is 1.87 bits per heavy atom. The van der Waals surface area contributed by atoms with Gasteiger partial charge in [-0.25, -0.2) is 19.7 Å². The zero-order valence-electron chi connectivity index (χ0n) is 21.7. The van der Waals surface area contributed by atoms with Crippen LogP contribution in [0.25, 0.3) is 11.0 Å². The highest BCUT2D eigenvalue weighted by Gasteiger charge is 2.28. The summed E-state index contributed by atoms with van der Waals surface area (Å²) in [4.78, 5) is 30.3. The molecule has 1 aromatic carbocycles. The van der Waals surface area contributed by atoms with Crippen molar-refractivity contribution in [1.82, 2.24) is 19.9 Å². The second-order valence-corrected chi connectivity index (χ2v) is 10.6. The van der Waals surface area contributed by atoms with Crippen molar-refractivity contribution in [2.75, 3.05) is 36.4 Å². The lowest BCUT2D eigenvalue weighted by Crippen LogP contribution is -2.47. The lowest BCUT2D eigenvalue weighted by atomic mass is 9.99. The highest BCUT2D eigenvalue weighted by atomic mass is 35.5. The molecule has 10 heteroatoms. The van der Waals surface area contributed by atoms with E-state index in [9.17, 15) is 15.2 Å². The van der Waals surface area contributed by atoms with Crippen LogP contribution in [0.1, 0.15) is 72.4 Å². The van der Waals surface area contributed by atoms with E-state index in [-0.39, 0.29) is 16.9 Å². The lowest BCUT2D eigenvalue weighted by molar-refractivity contribution is 0.0691. The summed E-state index contributed by atoms with van der Waals surface area (Å²) in [5, 5.41) is 22.9. The van der Waals surface area contributed by atoms with Gasteiger partial charge in [0.1, 0.15) is 11.2 Å². The van der Waals surface area contributed by atoms with Crippen LogP contribution in [0.2, 0.25) is 5.15 Å². The number of nitriles is 1. The molecular weight excluding hydrogens is 502 g/mol. The predicted octanol–water partition coefficient (Wildman–Crippen LogP) is 5.18. The molecule has 1 atom stereocenters. The van der Waals surface area contributed by atoms with Gasteiger partial charge in [-0.05, 0) is 76.4 Å². The minimum Gasteiger partial charge on any atom is -0.476 e. The number of pyridine rings is 1. The average molecular weight is 534 g/mol. The van der Waals surface area contributed by atoms with E-state index in [1.807, 2.05) is 26.0 Å². The highest BCUT2D eigenvalue weighted by Crippen LogP contribution is 2.32. The molecule has 38 heavy (non-hydrogen) atoms. The number of likely N-dealkylation sites (tertiary alicyclic amines) is 1. The maximum atomic E-state index is 11.8. The minimum absolute atomic E-state index is 0.116. The third kappa shape index (κ3) is 5.38. The van der Waals surface area contributed by atoms with Crippen molar-refractivity contribution in [2.24, 2.45) is 0 Å². The number of anilines is 2. The summed E-state index contributed by atoms with van der Waals surface area (Å²) < 4.78 is 0. The van der Waals surface area contributed by atoms with Crippen LogP contribution in [-0.4, -0.2) is 63.1 Å². The fourth-order valence-corrected chi connectivity index (χ4v) is 5.85. The van der Waals surface area contributed by atoms with Gasteiger partial charge < -0.3 is 20.2 Å². The molecule has 0 radical (unpaired) electrons. The van der Waals surface area contributed by atoms with E-state index in [2.05, 4.69) is 26.2 Å². The Balaban J connectivity index is 1.46. The molecule has 0 spiro atoms. The molecule has 2 aliphatic rings. The molecule has 0 amide bonds. The first-order valence-electron chi connectivity index (χ1n) is 13.2. The average Bonchev–Trinajstić information content (AvgIpc) is 2.93. The Morgan fingerprint density at radius 3 is 2.55 bits per heavy atom. The van der Waals surface area contributed by atoms with Gasteiger partial charge in [0.15, 0.2) is 17.2 Å². The number of fused-ring (bicyclic) bond motifs is 1. The largest absolute Gasteiger partial charge is 0.476 e. The van der Waals surface area contributed by atoms with Crippen LogP contribution in [0.4, 0.5) is 11.5 Å². The molecule has 4 heterocycles. The molecule has 9 nitrogen and oxygen atoms in total. The monoisotopic (exact) mass is 533 g/mol. The van der Waals surface area contributed by atoms with Crippen LogP contribution in [0.5, 0.6) is 0 Å². The standard InChI is InChI=1S/C28H32ClN7O2/c1-17-14-20(18(2)31-21-6-7-24(29)33-26(21)28(37)38)25-22(15-17)32-23(16-30)27(34-25)36-12-8-19(9-13-36)35-10-4-3-5-11-35/h6-7,14-15,18-19,31H,3-5,8-13H2,1-2H3,(H,37,38)/t18-/m1/s1. The van der Waals surface area contributed by atoms with Crippen molar-refractivity contribution < 1.29 is 9.90 Å². The number of hydrogen-bond donors (Lipinski definition) is 2. The van der Waals surface area contributed by atoms with E-state index in [0.717, 1.165) is 37.1 Å². The van der Waals surface area contributed by atoms with Gasteiger partial charge in [0.05, 0.1) is 22.8 Å². The molecule has 0 bridgehead atoms.